The fraction of sp³-hybridized carbons (Fsp3) is 0.424. The number of ether oxygens (including phenoxy) is 2. The molecule has 3 aromatic rings. The number of carbonyl (C=O) groups excluding carboxylic acids is 1. The first-order valence-corrected chi connectivity index (χ1v) is 16.8. The summed E-state index contributed by atoms with van der Waals surface area (Å²) in [7, 11) is 0.264. The number of nitrogens with one attached hydrogen (secondary N) is 3. The number of benzene rings is 3. The molecule has 0 spiro atoms. The second-order valence-corrected chi connectivity index (χ2v) is 13.0. The van der Waals surface area contributed by atoms with Crippen molar-refractivity contribution in [2.75, 3.05) is 55.8 Å². The van der Waals surface area contributed by atoms with Crippen LogP contribution in [0.1, 0.15) is 41.3 Å². The van der Waals surface area contributed by atoms with Crippen LogP contribution in [0.5, 0.6) is 11.5 Å². The van der Waals surface area contributed by atoms with Crippen molar-refractivity contribution in [1.82, 2.24) is 10.6 Å². The molecule has 1 aliphatic rings. The highest BCUT2D eigenvalue weighted by molar-refractivity contribution is 8.25. The maximum Gasteiger partial charge on any atom is 0.251 e. The van der Waals surface area contributed by atoms with Gasteiger partial charge in [-0.2, -0.15) is 0 Å². The SMILES string of the molecule is CCNc1cc(C(=O)N[C@@H](Cc2ccccc2)[C@H](O)CNCCc2cccc(OC)c2OC)cc(N2CCCCS2(O)O)c1. The number of nitrogens with zero attached hydrogens (tertiary/aromatic N) is 1. The molecule has 1 saturated heterocycles. The van der Waals surface area contributed by atoms with E-state index in [4.69, 9.17) is 9.47 Å². The normalized spacial score (nSPS) is 16.5. The number of methoxy groups -OCH3 is 2. The zero-order valence-corrected chi connectivity index (χ0v) is 26.6. The number of hydrogen-bond acceptors (Lipinski definition) is 9. The average Bonchev–Trinajstić information content (AvgIpc) is 3.02. The molecule has 240 valence electrons. The number of para-hydroxylation sites is 1. The lowest BCUT2D eigenvalue weighted by atomic mass is 10.00. The van der Waals surface area contributed by atoms with E-state index in [-0.39, 0.29) is 12.5 Å². The van der Waals surface area contributed by atoms with Crippen molar-refractivity contribution in [2.45, 2.75) is 44.8 Å². The van der Waals surface area contributed by atoms with Gasteiger partial charge in [-0.15, -0.1) is 10.8 Å². The Balaban J connectivity index is 1.49. The summed E-state index contributed by atoms with van der Waals surface area (Å²) in [6, 6.07) is 20.2. The van der Waals surface area contributed by atoms with Gasteiger partial charge in [0.25, 0.3) is 5.91 Å². The lowest BCUT2D eigenvalue weighted by Gasteiger charge is -2.47. The van der Waals surface area contributed by atoms with Crippen molar-refractivity contribution in [3.8, 4) is 11.5 Å². The van der Waals surface area contributed by atoms with Gasteiger partial charge in [-0.1, -0.05) is 42.5 Å². The molecule has 1 fully saturated rings. The summed E-state index contributed by atoms with van der Waals surface area (Å²) >= 11 is 0. The largest absolute Gasteiger partial charge is 0.493 e. The highest BCUT2D eigenvalue weighted by Crippen LogP contribution is 2.50. The van der Waals surface area contributed by atoms with Crippen LogP contribution in [-0.2, 0) is 12.8 Å². The van der Waals surface area contributed by atoms with Gasteiger partial charge in [0.15, 0.2) is 11.5 Å². The van der Waals surface area contributed by atoms with Crippen molar-refractivity contribution in [1.29, 1.82) is 0 Å². The van der Waals surface area contributed by atoms with E-state index in [1.165, 1.54) is 0 Å². The third-order valence-corrected chi connectivity index (χ3v) is 9.66. The van der Waals surface area contributed by atoms with E-state index < -0.39 is 22.9 Å². The van der Waals surface area contributed by atoms with E-state index in [2.05, 4.69) is 16.0 Å². The monoisotopic (exact) mass is 626 g/mol. The highest BCUT2D eigenvalue weighted by Gasteiger charge is 2.28. The van der Waals surface area contributed by atoms with Gasteiger partial charge in [-0.3, -0.25) is 18.2 Å². The van der Waals surface area contributed by atoms with Gasteiger partial charge in [0.2, 0.25) is 0 Å². The number of carbonyl (C=O) groups is 1. The molecule has 10 nitrogen and oxygen atoms in total. The Hall–Kier alpha value is -3.48. The second-order valence-electron chi connectivity index (χ2n) is 10.9. The van der Waals surface area contributed by atoms with E-state index in [9.17, 15) is 19.0 Å². The average molecular weight is 627 g/mol. The highest BCUT2D eigenvalue weighted by atomic mass is 32.3. The van der Waals surface area contributed by atoms with Gasteiger partial charge < -0.3 is 30.5 Å². The Labute approximate surface area is 262 Å². The lowest BCUT2D eigenvalue weighted by molar-refractivity contribution is 0.0831. The van der Waals surface area contributed by atoms with Crippen LogP contribution in [0.4, 0.5) is 11.4 Å². The van der Waals surface area contributed by atoms with E-state index in [1.807, 2.05) is 61.5 Å². The Morgan fingerprint density at radius 2 is 1.82 bits per heavy atom. The quantitative estimate of drug-likeness (QED) is 0.130. The zero-order valence-electron chi connectivity index (χ0n) is 25.8. The maximum atomic E-state index is 13.7. The fourth-order valence-corrected chi connectivity index (χ4v) is 7.14. The second kappa shape index (κ2) is 16.0. The topological polar surface area (TPSA) is 136 Å². The number of hydrogen-bond donors (Lipinski definition) is 6. The molecule has 3 aromatic carbocycles. The third kappa shape index (κ3) is 8.80. The number of rotatable bonds is 15. The van der Waals surface area contributed by atoms with Gasteiger partial charge in [-0.05, 0) is 74.5 Å². The van der Waals surface area contributed by atoms with Crippen LogP contribution in [0.2, 0.25) is 0 Å². The van der Waals surface area contributed by atoms with Gasteiger partial charge in [0.05, 0.1) is 37.8 Å². The smallest absolute Gasteiger partial charge is 0.251 e. The lowest BCUT2D eigenvalue weighted by Crippen LogP contribution is -2.49. The first-order chi connectivity index (χ1) is 21.2. The van der Waals surface area contributed by atoms with Crippen molar-refractivity contribution >= 4 is 28.1 Å². The first kappa shape index (κ1) is 33.4. The van der Waals surface area contributed by atoms with Gasteiger partial charge in [0.1, 0.15) is 0 Å². The molecule has 1 aliphatic heterocycles. The van der Waals surface area contributed by atoms with Crippen molar-refractivity contribution in [2.24, 2.45) is 0 Å². The summed E-state index contributed by atoms with van der Waals surface area (Å²) in [4.78, 5) is 13.7. The Bertz CT molecular complexity index is 1360. The van der Waals surface area contributed by atoms with Crippen LogP contribution in [0.25, 0.3) is 0 Å². The first-order valence-electron chi connectivity index (χ1n) is 15.1. The third-order valence-electron chi connectivity index (χ3n) is 7.72. The number of aliphatic hydroxyl groups excluding tert-OH is 1. The predicted molar refractivity (Wildman–Crippen MR) is 178 cm³/mol. The van der Waals surface area contributed by atoms with E-state index in [0.717, 1.165) is 24.0 Å². The molecule has 2 atom stereocenters. The molecule has 44 heavy (non-hydrogen) atoms. The van der Waals surface area contributed by atoms with E-state index in [0.29, 0.717) is 66.7 Å². The van der Waals surface area contributed by atoms with Crippen LogP contribution < -0.4 is 29.7 Å². The molecule has 0 bridgehead atoms. The molecule has 1 amide bonds. The number of aliphatic hydroxyl groups is 1. The van der Waals surface area contributed by atoms with Gasteiger partial charge >= 0.3 is 0 Å². The summed E-state index contributed by atoms with van der Waals surface area (Å²) in [6.07, 6.45) is 1.81. The molecule has 1 heterocycles. The molecule has 0 aliphatic carbocycles. The minimum Gasteiger partial charge on any atom is -0.493 e. The molecular formula is C33H46N4O6S. The summed E-state index contributed by atoms with van der Waals surface area (Å²) in [6.45, 7) is 3.96. The van der Waals surface area contributed by atoms with Crippen LogP contribution in [0.15, 0.2) is 66.7 Å². The molecule has 11 heteroatoms. The fourth-order valence-electron chi connectivity index (χ4n) is 5.47. The minimum absolute atomic E-state index is 0.265. The minimum atomic E-state index is -2.96. The standard InChI is InChI=1S/C33H46N4O6S/c1-4-35-27-20-26(21-28(22-27)37-17-8-9-18-44(37,40)41)33(39)36-29(19-24-11-6-5-7-12-24)30(38)23-34-16-15-25-13-10-14-31(42-2)32(25)43-3/h5-7,10-14,20-22,29-30,34-35,38,40-41H,4,8-9,15-19,23H2,1-3H3,(H,36,39)/t29-,30+/m0/s1. The molecule has 0 radical (unpaired) electrons. The maximum absolute atomic E-state index is 13.7. The Kier molecular flexibility index (Phi) is 12.2. The summed E-state index contributed by atoms with van der Waals surface area (Å²) in [5.74, 6) is 1.32. The van der Waals surface area contributed by atoms with Gasteiger partial charge in [-0.25, -0.2) is 0 Å². The molecule has 0 aromatic heterocycles. The number of anilines is 2. The summed E-state index contributed by atoms with van der Waals surface area (Å²) in [5.41, 5.74) is 3.66. The van der Waals surface area contributed by atoms with Crippen LogP contribution in [0, 0.1) is 0 Å². The van der Waals surface area contributed by atoms with Crippen LogP contribution >= 0.6 is 10.8 Å². The Morgan fingerprint density at radius 3 is 2.52 bits per heavy atom. The Morgan fingerprint density at radius 1 is 1.02 bits per heavy atom. The van der Waals surface area contributed by atoms with Crippen molar-refractivity contribution < 1.29 is 28.5 Å². The molecule has 0 unspecified atom stereocenters. The summed E-state index contributed by atoms with van der Waals surface area (Å²) in [5, 5.41) is 20.9. The molecule has 6 N–H and O–H groups in total. The molecule has 0 saturated carbocycles. The molecule has 4 rings (SSSR count). The van der Waals surface area contributed by atoms with E-state index >= 15 is 0 Å². The van der Waals surface area contributed by atoms with Crippen LogP contribution in [0.3, 0.4) is 0 Å². The van der Waals surface area contributed by atoms with Crippen molar-refractivity contribution in [3.05, 3.63) is 83.4 Å². The van der Waals surface area contributed by atoms with Crippen molar-refractivity contribution in [3.63, 3.8) is 0 Å². The number of amides is 1. The molecular weight excluding hydrogens is 580 g/mol. The summed E-state index contributed by atoms with van der Waals surface area (Å²) < 4.78 is 34.0. The van der Waals surface area contributed by atoms with Gasteiger partial charge in [0, 0.05) is 30.9 Å². The predicted octanol–water partition coefficient (Wildman–Crippen LogP) is 4.94. The van der Waals surface area contributed by atoms with Crippen LogP contribution in [-0.4, -0.2) is 78.4 Å². The van der Waals surface area contributed by atoms with E-state index in [1.54, 1.807) is 30.7 Å². The zero-order chi connectivity index (χ0) is 31.5.